The highest BCUT2D eigenvalue weighted by atomic mass is 32.2. The minimum Gasteiger partial charge on any atom is -0.477 e. The van der Waals surface area contributed by atoms with E-state index in [2.05, 4.69) is 18.0 Å². The molecule has 7 heteroatoms. The van der Waals surface area contributed by atoms with Crippen LogP contribution in [0, 0.1) is 17.1 Å². The lowest BCUT2D eigenvalue weighted by Gasteiger charge is -2.14. The third-order valence-electron chi connectivity index (χ3n) is 5.06. The monoisotopic (exact) mass is 452 g/mol. The molecule has 0 aliphatic heterocycles. The van der Waals surface area contributed by atoms with Crippen molar-refractivity contribution in [1.82, 2.24) is 4.98 Å². The van der Waals surface area contributed by atoms with Gasteiger partial charge in [-0.1, -0.05) is 38.3 Å². The highest BCUT2D eigenvalue weighted by Crippen LogP contribution is 2.35. The topological polar surface area (TPSA) is 80.0 Å². The summed E-state index contributed by atoms with van der Waals surface area (Å²) in [5.41, 5.74) is 2.80. The second-order valence-corrected chi connectivity index (χ2v) is 9.58. The molecule has 32 heavy (non-hydrogen) atoms. The summed E-state index contributed by atoms with van der Waals surface area (Å²) in [5, 5.41) is 9.68. The summed E-state index contributed by atoms with van der Waals surface area (Å²) in [6.07, 6.45) is 5.28. The zero-order chi connectivity index (χ0) is 23.1. The smallest absolute Gasteiger partial charge is 0.232 e. The number of nitrogens with zero attached hydrogens (tertiary/aromatic N) is 2. The molecular formula is C25H25FN2O3S. The molecule has 166 valence electrons. The van der Waals surface area contributed by atoms with Crippen molar-refractivity contribution in [2.75, 3.05) is 12.9 Å². The number of hydrogen-bond donors (Lipinski definition) is 0. The lowest BCUT2D eigenvalue weighted by atomic mass is 9.98. The second-order valence-electron chi connectivity index (χ2n) is 7.56. The molecule has 3 rings (SSSR count). The molecule has 0 atom stereocenters. The first-order valence-electron chi connectivity index (χ1n) is 10.5. The molecule has 1 heterocycles. The largest absolute Gasteiger partial charge is 0.477 e. The van der Waals surface area contributed by atoms with Gasteiger partial charge in [0.25, 0.3) is 0 Å². The standard InChI is InChI=1S/C25H25FN2O3S/c1-3-4-5-6-15-31-25-20(17-27)16-23(18-9-13-22(14-10-18)32(2,29)30)24(28-25)19-7-11-21(26)12-8-19/h7-14,16H,3-6,15H2,1-2H3. The van der Waals surface area contributed by atoms with Crippen LogP contribution in [0.4, 0.5) is 4.39 Å². The molecule has 0 bridgehead atoms. The number of benzene rings is 2. The molecule has 0 aliphatic rings. The number of rotatable bonds is 9. The summed E-state index contributed by atoms with van der Waals surface area (Å²) >= 11 is 0. The van der Waals surface area contributed by atoms with E-state index in [1.807, 2.05) is 0 Å². The van der Waals surface area contributed by atoms with Crippen LogP contribution in [0.3, 0.4) is 0 Å². The lowest BCUT2D eigenvalue weighted by Crippen LogP contribution is -2.03. The highest BCUT2D eigenvalue weighted by molar-refractivity contribution is 7.90. The van der Waals surface area contributed by atoms with Crippen LogP contribution in [-0.4, -0.2) is 26.3 Å². The molecule has 0 spiro atoms. The van der Waals surface area contributed by atoms with Gasteiger partial charge in [-0.05, 0) is 54.4 Å². The number of ether oxygens (including phenoxy) is 1. The summed E-state index contributed by atoms with van der Waals surface area (Å²) in [4.78, 5) is 4.82. The van der Waals surface area contributed by atoms with Crippen molar-refractivity contribution in [3.8, 4) is 34.3 Å². The molecule has 3 aromatic rings. The fourth-order valence-electron chi connectivity index (χ4n) is 3.31. The summed E-state index contributed by atoms with van der Waals surface area (Å²) in [6.45, 7) is 2.58. The van der Waals surface area contributed by atoms with Gasteiger partial charge in [0.05, 0.1) is 17.2 Å². The van der Waals surface area contributed by atoms with Crippen molar-refractivity contribution >= 4 is 9.84 Å². The Bertz CT molecular complexity index is 1220. The summed E-state index contributed by atoms with van der Waals surface area (Å²) in [6, 6.07) is 16.1. The van der Waals surface area contributed by atoms with Crippen molar-refractivity contribution in [1.29, 1.82) is 5.26 Å². The van der Waals surface area contributed by atoms with Crippen LogP contribution in [0.5, 0.6) is 5.88 Å². The Hall–Kier alpha value is -3.24. The lowest BCUT2D eigenvalue weighted by molar-refractivity contribution is 0.293. The van der Waals surface area contributed by atoms with E-state index in [0.29, 0.717) is 29.0 Å². The van der Waals surface area contributed by atoms with Crippen LogP contribution in [0.2, 0.25) is 0 Å². The zero-order valence-electron chi connectivity index (χ0n) is 18.1. The Balaban J connectivity index is 2.06. The van der Waals surface area contributed by atoms with Crippen LogP contribution < -0.4 is 4.74 Å². The van der Waals surface area contributed by atoms with Gasteiger partial charge >= 0.3 is 0 Å². The van der Waals surface area contributed by atoms with Crippen LogP contribution in [0.25, 0.3) is 22.4 Å². The molecule has 0 aliphatic carbocycles. The molecule has 0 amide bonds. The quantitative estimate of drug-likeness (QED) is 0.384. The predicted molar refractivity (Wildman–Crippen MR) is 123 cm³/mol. The third kappa shape index (κ3) is 5.71. The van der Waals surface area contributed by atoms with Gasteiger partial charge in [-0.15, -0.1) is 0 Å². The van der Waals surface area contributed by atoms with Crippen LogP contribution >= 0.6 is 0 Å². The Kier molecular flexibility index (Phi) is 7.60. The summed E-state index contributed by atoms with van der Waals surface area (Å²) in [7, 11) is -3.34. The number of pyridine rings is 1. The van der Waals surface area contributed by atoms with Gasteiger partial charge in [-0.25, -0.2) is 17.8 Å². The van der Waals surface area contributed by atoms with Crippen molar-refractivity contribution in [3.63, 3.8) is 0 Å². The fourth-order valence-corrected chi connectivity index (χ4v) is 3.94. The van der Waals surface area contributed by atoms with Gasteiger partial charge in [0.1, 0.15) is 17.4 Å². The maximum absolute atomic E-state index is 13.5. The summed E-state index contributed by atoms with van der Waals surface area (Å²) in [5.74, 6) is -0.131. The van der Waals surface area contributed by atoms with E-state index in [9.17, 15) is 18.1 Å². The second kappa shape index (κ2) is 10.4. The van der Waals surface area contributed by atoms with Gasteiger partial charge in [0.2, 0.25) is 5.88 Å². The molecule has 0 unspecified atom stereocenters. The number of hydrogen-bond acceptors (Lipinski definition) is 5. The third-order valence-corrected chi connectivity index (χ3v) is 6.18. The van der Waals surface area contributed by atoms with Crippen molar-refractivity contribution in [3.05, 3.63) is 66.0 Å². The van der Waals surface area contributed by atoms with Gasteiger partial charge in [-0.3, -0.25) is 0 Å². The highest BCUT2D eigenvalue weighted by Gasteiger charge is 2.17. The van der Waals surface area contributed by atoms with E-state index < -0.39 is 9.84 Å². The fraction of sp³-hybridized carbons (Fsp3) is 0.280. The molecule has 0 saturated carbocycles. The van der Waals surface area contributed by atoms with E-state index >= 15 is 0 Å². The van der Waals surface area contributed by atoms with Crippen molar-refractivity contribution in [2.24, 2.45) is 0 Å². The van der Waals surface area contributed by atoms with E-state index in [1.165, 1.54) is 24.3 Å². The normalized spacial score (nSPS) is 11.2. The van der Waals surface area contributed by atoms with Crippen LogP contribution in [-0.2, 0) is 9.84 Å². The number of sulfone groups is 1. The first-order valence-corrected chi connectivity index (χ1v) is 12.4. The maximum atomic E-state index is 13.5. The van der Waals surface area contributed by atoms with E-state index in [1.54, 1.807) is 30.3 Å². The Morgan fingerprint density at radius 2 is 1.66 bits per heavy atom. The molecule has 0 N–H and O–H groups in total. The minimum atomic E-state index is -3.34. The van der Waals surface area contributed by atoms with Crippen LogP contribution in [0.1, 0.15) is 38.2 Å². The van der Waals surface area contributed by atoms with E-state index in [4.69, 9.17) is 4.74 Å². The van der Waals surface area contributed by atoms with E-state index in [-0.39, 0.29) is 22.2 Å². The molecule has 1 aromatic heterocycles. The summed E-state index contributed by atoms with van der Waals surface area (Å²) < 4.78 is 42.9. The minimum absolute atomic E-state index is 0.199. The van der Waals surface area contributed by atoms with Crippen LogP contribution in [0.15, 0.2) is 59.5 Å². The number of unbranched alkanes of at least 4 members (excludes halogenated alkanes) is 3. The van der Waals surface area contributed by atoms with Gasteiger partial charge in [0, 0.05) is 17.4 Å². The molecule has 0 radical (unpaired) electrons. The molecule has 0 fully saturated rings. The predicted octanol–water partition coefficient (Wildman–Crippen LogP) is 5.79. The number of nitriles is 1. The average molecular weight is 453 g/mol. The maximum Gasteiger partial charge on any atom is 0.232 e. The number of halogens is 1. The first kappa shape index (κ1) is 23.4. The van der Waals surface area contributed by atoms with E-state index in [0.717, 1.165) is 31.9 Å². The van der Waals surface area contributed by atoms with Gasteiger partial charge in [-0.2, -0.15) is 5.26 Å². The van der Waals surface area contributed by atoms with Gasteiger partial charge in [0.15, 0.2) is 9.84 Å². The molecular weight excluding hydrogens is 427 g/mol. The van der Waals surface area contributed by atoms with Crippen molar-refractivity contribution in [2.45, 2.75) is 37.5 Å². The average Bonchev–Trinajstić information content (AvgIpc) is 2.78. The Labute approximate surface area is 188 Å². The Morgan fingerprint density at radius 3 is 2.25 bits per heavy atom. The molecule has 5 nitrogen and oxygen atoms in total. The first-order chi connectivity index (χ1) is 15.3. The SMILES string of the molecule is CCCCCCOc1nc(-c2ccc(F)cc2)c(-c2ccc(S(C)(=O)=O)cc2)cc1C#N. The van der Waals surface area contributed by atoms with Gasteiger partial charge < -0.3 is 4.74 Å². The Morgan fingerprint density at radius 1 is 1.00 bits per heavy atom. The zero-order valence-corrected chi connectivity index (χ0v) is 19.0. The number of aromatic nitrogens is 1. The van der Waals surface area contributed by atoms with Crippen molar-refractivity contribution < 1.29 is 17.5 Å². The molecule has 0 saturated heterocycles. The molecule has 2 aromatic carbocycles.